The number of carboxylic acid groups (broad SMARTS) is 1. The van der Waals surface area contributed by atoms with Gasteiger partial charge in [0.2, 0.25) is 0 Å². The van der Waals surface area contributed by atoms with Gasteiger partial charge in [0, 0.05) is 6.54 Å². The Morgan fingerprint density at radius 3 is 2.71 bits per heavy atom. The summed E-state index contributed by atoms with van der Waals surface area (Å²) in [5, 5.41) is 8.70. The summed E-state index contributed by atoms with van der Waals surface area (Å²) in [6.07, 6.45) is 0.952. The smallest absolute Gasteiger partial charge is 0.319 e. The molecule has 0 radical (unpaired) electrons. The van der Waals surface area contributed by atoms with Crippen LogP contribution in [0.1, 0.15) is 20.3 Å². The van der Waals surface area contributed by atoms with Crippen molar-refractivity contribution < 1.29 is 23.1 Å². The van der Waals surface area contributed by atoms with Crippen molar-refractivity contribution in [1.29, 1.82) is 0 Å². The number of anilines is 1. The molecule has 1 aliphatic rings. The number of likely N-dealkylation sites (N-methyl/N-ethyl adjacent to an activating group) is 1. The van der Waals surface area contributed by atoms with Gasteiger partial charge >= 0.3 is 5.97 Å². The van der Waals surface area contributed by atoms with E-state index in [4.69, 9.17) is 9.84 Å². The number of aliphatic carboxylic acids is 1. The lowest BCUT2D eigenvalue weighted by molar-refractivity contribution is -0.134. The third-order valence-corrected chi connectivity index (χ3v) is 5.10. The summed E-state index contributed by atoms with van der Waals surface area (Å²) in [5.74, 6) is -1.62. The molecule has 7 heteroatoms. The van der Waals surface area contributed by atoms with Crippen molar-refractivity contribution in [3.63, 3.8) is 0 Å². The van der Waals surface area contributed by atoms with Crippen LogP contribution in [0.15, 0.2) is 23.1 Å². The van der Waals surface area contributed by atoms with Gasteiger partial charge in [-0.15, -0.1) is 0 Å². The Morgan fingerprint density at radius 2 is 2.14 bits per heavy atom. The van der Waals surface area contributed by atoms with E-state index in [0.29, 0.717) is 18.0 Å². The van der Waals surface area contributed by atoms with Crippen LogP contribution in [0.25, 0.3) is 0 Å². The summed E-state index contributed by atoms with van der Waals surface area (Å²) in [6.45, 7) is 5.45. The zero-order valence-electron chi connectivity index (χ0n) is 12.1. The molecule has 0 spiro atoms. The number of rotatable bonds is 5. The third-order valence-electron chi connectivity index (χ3n) is 3.50. The van der Waals surface area contributed by atoms with E-state index in [9.17, 15) is 13.2 Å². The molecule has 1 aromatic rings. The molecule has 6 nitrogen and oxygen atoms in total. The Balaban J connectivity index is 2.41. The standard InChI is InChI=1S/C14H19NO5S/c1-3-10-8-15(4-2)12-7-11(5-6-13(12)20-10)21(18,19)9-14(16)17/h5-7,10H,3-4,8-9H2,1-2H3,(H,16,17). The van der Waals surface area contributed by atoms with Crippen molar-refractivity contribution in [3.05, 3.63) is 18.2 Å². The maximum absolute atomic E-state index is 12.0. The fourth-order valence-electron chi connectivity index (χ4n) is 2.36. The number of ether oxygens (including phenoxy) is 1. The van der Waals surface area contributed by atoms with Crippen molar-refractivity contribution in [2.24, 2.45) is 0 Å². The molecule has 0 bridgehead atoms. The van der Waals surface area contributed by atoms with E-state index < -0.39 is 21.6 Å². The van der Waals surface area contributed by atoms with Crippen molar-refractivity contribution in [1.82, 2.24) is 0 Å². The zero-order valence-corrected chi connectivity index (χ0v) is 12.9. The summed E-state index contributed by atoms with van der Waals surface area (Å²) in [7, 11) is -3.83. The number of carboxylic acids is 1. The summed E-state index contributed by atoms with van der Waals surface area (Å²) < 4.78 is 29.8. The molecular weight excluding hydrogens is 294 g/mol. The lowest BCUT2D eigenvalue weighted by Crippen LogP contribution is -2.39. The van der Waals surface area contributed by atoms with Gasteiger partial charge in [-0.25, -0.2) is 8.42 Å². The summed E-state index contributed by atoms with van der Waals surface area (Å²) >= 11 is 0. The second-order valence-corrected chi connectivity index (χ2v) is 6.96. The molecule has 0 saturated carbocycles. The van der Waals surface area contributed by atoms with Crippen molar-refractivity contribution >= 4 is 21.5 Å². The Labute approximate surface area is 124 Å². The van der Waals surface area contributed by atoms with E-state index >= 15 is 0 Å². The van der Waals surface area contributed by atoms with Crippen LogP contribution in [0.2, 0.25) is 0 Å². The second kappa shape index (κ2) is 5.93. The molecule has 2 rings (SSSR count). The van der Waals surface area contributed by atoms with Gasteiger partial charge in [-0.05, 0) is 31.5 Å². The van der Waals surface area contributed by atoms with Crippen LogP contribution in [0, 0.1) is 0 Å². The van der Waals surface area contributed by atoms with E-state index in [1.54, 1.807) is 6.07 Å². The lowest BCUT2D eigenvalue weighted by atomic mass is 10.1. The van der Waals surface area contributed by atoms with Crippen LogP contribution in [0.4, 0.5) is 5.69 Å². The normalized spacial score (nSPS) is 18.0. The predicted molar refractivity (Wildman–Crippen MR) is 78.7 cm³/mol. The Hall–Kier alpha value is -1.76. The van der Waals surface area contributed by atoms with Crippen LogP contribution < -0.4 is 9.64 Å². The molecule has 116 valence electrons. The van der Waals surface area contributed by atoms with Crippen LogP contribution >= 0.6 is 0 Å². The van der Waals surface area contributed by atoms with Gasteiger partial charge in [-0.2, -0.15) is 0 Å². The minimum absolute atomic E-state index is 0.0145. The van der Waals surface area contributed by atoms with E-state index in [1.807, 2.05) is 18.7 Å². The highest BCUT2D eigenvalue weighted by molar-refractivity contribution is 7.92. The maximum atomic E-state index is 12.0. The van der Waals surface area contributed by atoms with E-state index in [-0.39, 0.29) is 11.0 Å². The molecule has 0 fully saturated rings. The Bertz CT molecular complexity index is 641. The van der Waals surface area contributed by atoms with Crippen LogP contribution in [0.5, 0.6) is 5.75 Å². The van der Waals surface area contributed by atoms with Gasteiger partial charge in [0.15, 0.2) is 15.6 Å². The first-order valence-electron chi connectivity index (χ1n) is 6.87. The van der Waals surface area contributed by atoms with Crippen LogP contribution in [0.3, 0.4) is 0 Å². The molecule has 0 aliphatic carbocycles. The quantitative estimate of drug-likeness (QED) is 0.888. The molecule has 1 N–H and O–H groups in total. The molecule has 1 heterocycles. The van der Waals surface area contributed by atoms with Crippen LogP contribution in [-0.4, -0.2) is 44.4 Å². The second-order valence-electron chi connectivity index (χ2n) is 4.97. The van der Waals surface area contributed by atoms with Gasteiger partial charge < -0.3 is 14.7 Å². The topological polar surface area (TPSA) is 83.9 Å². The van der Waals surface area contributed by atoms with Gasteiger partial charge in [0.05, 0.1) is 17.1 Å². The zero-order chi connectivity index (χ0) is 15.6. The minimum Gasteiger partial charge on any atom is -0.486 e. The number of nitrogens with zero attached hydrogens (tertiary/aromatic N) is 1. The largest absolute Gasteiger partial charge is 0.486 e. The highest BCUT2D eigenvalue weighted by Gasteiger charge is 2.27. The molecule has 0 saturated heterocycles. The molecule has 1 aromatic carbocycles. The number of sulfone groups is 1. The average Bonchev–Trinajstić information content (AvgIpc) is 2.44. The summed E-state index contributed by atoms with van der Waals surface area (Å²) in [6, 6.07) is 4.51. The predicted octanol–water partition coefficient (Wildman–Crippen LogP) is 1.54. The fraction of sp³-hybridized carbons (Fsp3) is 0.500. The van der Waals surface area contributed by atoms with Crippen molar-refractivity contribution in [3.8, 4) is 5.75 Å². The highest BCUT2D eigenvalue weighted by atomic mass is 32.2. The van der Waals surface area contributed by atoms with Gasteiger partial charge in [0.25, 0.3) is 0 Å². The van der Waals surface area contributed by atoms with E-state index in [2.05, 4.69) is 0 Å². The number of hydrogen-bond donors (Lipinski definition) is 1. The van der Waals surface area contributed by atoms with Crippen molar-refractivity contribution in [2.75, 3.05) is 23.7 Å². The van der Waals surface area contributed by atoms with Gasteiger partial charge in [-0.1, -0.05) is 6.92 Å². The number of benzene rings is 1. The van der Waals surface area contributed by atoms with Gasteiger partial charge in [-0.3, -0.25) is 4.79 Å². The monoisotopic (exact) mass is 313 g/mol. The summed E-state index contributed by atoms with van der Waals surface area (Å²) in [4.78, 5) is 12.7. The molecule has 21 heavy (non-hydrogen) atoms. The number of fused-ring (bicyclic) bond motifs is 1. The number of carbonyl (C=O) groups is 1. The van der Waals surface area contributed by atoms with Crippen molar-refractivity contribution in [2.45, 2.75) is 31.3 Å². The first-order valence-corrected chi connectivity index (χ1v) is 8.52. The molecule has 0 amide bonds. The fourth-order valence-corrected chi connectivity index (χ4v) is 3.41. The first-order chi connectivity index (χ1) is 9.87. The molecular formula is C14H19NO5S. The SMILES string of the molecule is CCC1CN(CC)c2cc(S(=O)(=O)CC(=O)O)ccc2O1. The van der Waals surface area contributed by atoms with Gasteiger partial charge in [0.1, 0.15) is 11.9 Å². The van der Waals surface area contributed by atoms with Crippen LogP contribution in [-0.2, 0) is 14.6 Å². The molecule has 1 atom stereocenters. The first kappa shape index (κ1) is 15.6. The minimum atomic E-state index is -3.83. The Morgan fingerprint density at radius 1 is 1.43 bits per heavy atom. The van der Waals surface area contributed by atoms with E-state index in [0.717, 1.165) is 13.0 Å². The molecule has 0 aromatic heterocycles. The maximum Gasteiger partial charge on any atom is 0.319 e. The van der Waals surface area contributed by atoms with E-state index in [1.165, 1.54) is 12.1 Å². The molecule has 1 unspecified atom stereocenters. The lowest BCUT2D eigenvalue weighted by Gasteiger charge is -2.35. The molecule has 1 aliphatic heterocycles. The highest BCUT2D eigenvalue weighted by Crippen LogP contribution is 2.36. The third kappa shape index (κ3) is 3.29. The number of hydrogen-bond acceptors (Lipinski definition) is 5. The Kier molecular flexibility index (Phi) is 4.41. The average molecular weight is 313 g/mol. The summed E-state index contributed by atoms with van der Waals surface area (Å²) in [5.41, 5.74) is 0.702.